The topological polar surface area (TPSA) is 144 Å². The lowest BCUT2D eigenvalue weighted by Crippen LogP contribution is -2.09. The Hall–Kier alpha value is -4.52. The zero-order valence-corrected chi connectivity index (χ0v) is 16.7. The fourth-order valence-corrected chi connectivity index (χ4v) is 3.92. The maximum Gasteiger partial charge on any atom is 0.177 e. The molecule has 0 saturated heterocycles. The third-order valence-electron chi connectivity index (χ3n) is 5.54. The number of hydrogen-bond acceptors (Lipinski definition) is 6. The zero-order chi connectivity index (χ0) is 21.7. The summed E-state index contributed by atoms with van der Waals surface area (Å²) in [6, 6.07) is 24.3. The molecule has 0 atom stereocenters. The van der Waals surface area contributed by atoms with Crippen LogP contribution < -0.4 is 33.4 Å². The molecule has 31 heavy (non-hydrogen) atoms. The number of hydrogen-bond donors (Lipinski definition) is 5. The van der Waals surface area contributed by atoms with Gasteiger partial charge in [0.25, 0.3) is 0 Å². The van der Waals surface area contributed by atoms with Gasteiger partial charge in [0, 0.05) is 16.5 Å². The summed E-state index contributed by atoms with van der Waals surface area (Å²) in [7, 11) is 0. The van der Waals surface area contributed by atoms with Crippen LogP contribution in [0.4, 0.5) is 28.4 Å². The number of nitrogen functional groups attached to an aromatic ring is 5. The van der Waals surface area contributed by atoms with Gasteiger partial charge in [0.05, 0.1) is 28.1 Å². The van der Waals surface area contributed by atoms with E-state index in [4.69, 9.17) is 33.4 Å². The Morgan fingerprint density at radius 3 is 1.48 bits per heavy atom. The first-order chi connectivity index (χ1) is 15.0. The molecule has 0 radical (unpaired) electrons. The molecule has 1 aromatic heterocycles. The van der Waals surface area contributed by atoms with Gasteiger partial charge in [-0.2, -0.15) is 0 Å². The molecule has 0 fully saturated rings. The van der Waals surface area contributed by atoms with E-state index in [-0.39, 0.29) is 34.2 Å². The van der Waals surface area contributed by atoms with Crippen molar-refractivity contribution in [2.24, 2.45) is 0 Å². The summed E-state index contributed by atoms with van der Waals surface area (Å²) < 4.78 is 8.15. The van der Waals surface area contributed by atoms with Crippen molar-refractivity contribution in [3.05, 3.63) is 72.8 Å². The number of nitrogens with two attached hydrogens (primary N) is 5. The summed E-state index contributed by atoms with van der Waals surface area (Å²) in [4.78, 5) is 0. The lowest BCUT2D eigenvalue weighted by atomic mass is 10.1. The molecule has 0 aliphatic heterocycles. The number of fused-ring (bicyclic) bond motifs is 3. The quantitative estimate of drug-likeness (QED) is 0.277. The molecule has 5 aromatic rings. The molecular formula is C24H22N6O. The Balaban J connectivity index is 1.58. The number of ether oxygens (including phenoxy) is 1. The molecule has 10 N–H and O–H groups in total. The largest absolute Gasteiger partial charge is 0.453 e. The highest BCUT2D eigenvalue weighted by molar-refractivity contribution is 6.09. The molecule has 0 unspecified atom stereocenters. The Labute approximate surface area is 178 Å². The van der Waals surface area contributed by atoms with Crippen LogP contribution in [0.3, 0.4) is 0 Å². The first-order valence-electron chi connectivity index (χ1n) is 9.75. The molecule has 7 heteroatoms. The average molecular weight is 410 g/mol. The van der Waals surface area contributed by atoms with Crippen molar-refractivity contribution in [2.45, 2.75) is 0 Å². The molecule has 0 bridgehead atoms. The van der Waals surface area contributed by atoms with Gasteiger partial charge in [0.15, 0.2) is 5.75 Å². The van der Waals surface area contributed by atoms with E-state index in [1.165, 1.54) is 10.8 Å². The molecule has 154 valence electrons. The van der Waals surface area contributed by atoms with Gasteiger partial charge in [0.2, 0.25) is 0 Å². The fraction of sp³-hybridized carbons (Fsp3) is 0. The normalized spacial score (nSPS) is 11.2. The summed E-state index contributed by atoms with van der Waals surface area (Å²) in [5.41, 5.74) is 33.9. The van der Waals surface area contributed by atoms with Crippen LogP contribution in [0.5, 0.6) is 11.5 Å². The van der Waals surface area contributed by atoms with E-state index in [1.54, 1.807) is 0 Å². The summed E-state index contributed by atoms with van der Waals surface area (Å²) in [5, 5.41) is 2.40. The van der Waals surface area contributed by atoms with Crippen molar-refractivity contribution >= 4 is 50.2 Å². The van der Waals surface area contributed by atoms with Crippen LogP contribution in [-0.4, -0.2) is 4.57 Å². The van der Waals surface area contributed by atoms with E-state index in [9.17, 15) is 0 Å². The SMILES string of the molecule is Nc1c(N)c(N)c(Oc2ccc(-n3c4ccccc4c4ccccc43)cc2)c(N)c1N. The maximum atomic E-state index is 6.06. The highest BCUT2D eigenvalue weighted by Gasteiger charge is 2.18. The third kappa shape index (κ3) is 2.75. The number of benzene rings is 4. The Morgan fingerprint density at radius 1 is 0.516 bits per heavy atom. The minimum atomic E-state index is 0.156. The third-order valence-corrected chi connectivity index (χ3v) is 5.54. The maximum absolute atomic E-state index is 6.06. The summed E-state index contributed by atoms with van der Waals surface area (Å²) in [6.45, 7) is 0. The zero-order valence-electron chi connectivity index (χ0n) is 16.7. The second kappa shape index (κ2) is 6.77. The van der Waals surface area contributed by atoms with Gasteiger partial charge < -0.3 is 38.0 Å². The Bertz CT molecular complexity index is 1370. The van der Waals surface area contributed by atoms with Gasteiger partial charge in [-0.05, 0) is 36.4 Å². The smallest absolute Gasteiger partial charge is 0.177 e. The Morgan fingerprint density at radius 2 is 0.968 bits per heavy atom. The molecule has 4 aromatic carbocycles. The van der Waals surface area contributed by atoms with Crippen molar-refractivity contribution in [2.75, 3.05) is 28.7 Å². The van der Waals surface area contributed by atoms with Crippen LogP contribution in [0.1, 0.15) is 0 Å². The summed E-state index contributed by atoms with van der Waals surface area (Å²) in [5.74, 6) is 0.750. The lowest BCUT2D eigenvalue weighted by molar-refractivity contribution is 0.488. The number of para-hydroxylation sites is 2. The summed E-state index contributed by atoms with van der Waals surface area (Å²) in [6.07, 6.45) is 0. The molecule has 7 nitrogen and oxygen atoms in total. The molecule has 1 heterocycles. The predicted molar refractivity (Wildman–Crippen MR) is 129 cm³/mol. The highest BCUT2D eigenvalue weighted by Crippen LogP contribution is 2.45. The average Bonchev–Trinajstić information content (AvgIpc) is 3.14. The van der Waals surface area contributed by atoms with Crippen LogP contribution in [-0.2, 0) is 0 Å². The van der Waals surface area contributed by atoms with Gasteiger partial charge in [-0.3, -0.25) is 0 Å². The molecule has 0 spiro atoms. The van der Waals surface area contributed by atoms with Crippen molar-refractivity contribution in [1.82, 2.24) is 4.57 Å². The van der Waals surface area contributed by atoms with E-state index in [2.05, 4.69) is 41.0 Å². The monoisotopic (exact) mass is 410 g/mol. The van der Waals surface area contributed by atoms with Gasteiger partial charge >= 0.3 is 0 Å². The van der Waals surface area contributed by atoms with E-state index in [1.807, 2.05) is 36.4 Å². The number of aromatic nitrogens is 1. The van der Waals surface area contributed by atoms with Crippen LogP contribution in [0.15, 0.2) is 72.8 Å². The van der Waals surface area contributed by atoms with Crippen molar-refractivity contribution < 1.29 is 4.74 Å². The van der Waals surface area contributed by atoms with Gasteiger partial charge in [-0.15, -0.1) is 0 Å². The standard InChI is InChI=1S/C24H22N6O/c25-19-20(26)22(28)24(23(29)21(19)27)31-14-11-9-13(10-12-14)30-17-7-3-1-5-15(17)16-6-2-4-8-18(16)30/h1-12H,25-29H2. The van der Waals surface area contributed by atoms with E-state index >= 15 is 0 Å². The second-order valence-electron chi connectivity index (χ2n) is 7.36. The van der Waals surface area contributed by atoms with E-state index in [0.29, 0.717) is 5.75 Å². The van der Waals surface area contributed by atoms with Crippen molar-refractivity contribution in [3.63, 3.8) is 0 Å². The highest BCUT2D eigenvalue weighted by atomic mass is 16.5. The van der Waals surface area contributed by atoms with Crippen LogP contribution in [0, 0.1) is 0 Å². The van der Waals surface area contributed by atoms with Crippen molar-refractivity contribution in [1.29, 1.82) is 0 Å². The molecule has 0 aliphatic rings. The number of anilines is 5. The van der Waals surface area contributed by atoms with Crippen molar-refractivity contribution in [3.8, 4) is 17.2 Å². The molecule has 0 amide bonds. The molecular weight excluding hydrogens is 388 g/mol. The van der Waals surface area contributed by atoms with E-state index < -0.39 is 0 Å². The number of rotatable bonds is 3. The lowest BCUT2D eigenvalue weighted by Gasteiger charge is -2.17. The molecule has 5 rings (SSSR count). The Kier molecular flexibility index (Phi) is 4.04. The van der Waals surface area contributed by atoms with Crippen LogP contribution in [0.2, 0.25) is 0 Å². The molecule has 0 aliphatic carbocycles. The fourth-order valence-electron chi connectivity index (χ4n) is 3.92. The summed E-state index contributed by atoms with van der Waals surface area (Å²) >= 11 is 0. The second-order valence-corrected chi connectivity index (χ2v) is 7.36. The first-order valence-corrected chi connectivity index (χ1v) is 9.75. The van der Waals surface area contributed by atoms with Crippen LogP contribution >= 0.6 is 0 Å². The minimum Gasteiger partial charge on any atom is -0.453 e. The van der Waals surface area contributed by atoms with E-state index in [0.717, 1.165) is 16.7 Å². The van der Waals surface area contributed by atoms with Gasteiger partial charge in [-0.25, -0.2) is 0 Å². The van der Waals surface area contributed by atoms with Gasteiger partial charge in [0.1, 0.15) is 17.1 Å². The van der Waals surface area contributed by atoms with Gasteiger partial charge in [-0.1, -0.05) is 36.4 Å². The predicted octanol–water partition coefficient (Wildman–Crippen LogP) is 4.49. The first kappa shape index (κ1) is 18.5. The molecule has 0 saturated carbocycles. The number of nitrogens with zero attached hydrogens (tertiary/aromatic N) is 1. The minimum absolute atomic E-state index is 0.156. The van der Waals surface area contributed by atoms with Crippen LogP contribution in [0.25, 0.3) is 27.5 Å².